The zero-order valence-corrected chi connectivity index (χ0v) is 9.91. The number of rotatable bonds is 5. The number of hydrogen-bond donors (Lipinski definition) is 1. The number of methoxy groups -OCH3 is 1. The van der Waals surface area contributed by atoms with Crippen molar-refractivity contribution in [2.75, 3.05) is 32.2 Å². The highest BCUT2D eigenvalue weighted by Gasteiger charge is 2.13. The van der Waals surface area contributed by atoms with Gasteiger partial charge in [0.1, 0.15) is 0 Å². The van der Waals surface area contributed by atoms with Gasteiger partial charge < -0.3 is 14.7 Å². The van der Waals surface area contributed by atoms with Crippen molar-refractivity contribution in [1.29, 1.82) is 0 Å². The molecule has 0 radical (unpaired) electrons. The molecule has 0 bridgehead atoms. The van der Waals surface area contributed by atoms with Crippen LogP contribution in [0.15, 0.2) is 12.3 Å². The number of hydrogen-bond acceptors (Lipinski definition) is 4. The first-order valence-electron chi connectivity index (χ1n) is 4.73. The summed E-state index contributed by atoms with van der Waals surface area (Å²) in [4.78, 5) is 5.37. The van der Waals surface area contributed by atoms with E-state index in [1.54, 1.807) is 7.05 Å². The third-order valence-corrected chi connectivity index (χ3v) is 2.20. The Morgan fingerprint density at radius 1 is 1.69 bits per heavy atom. The Labute approximate surface area is 98.6 Å². The van der Waals surface area contributed by atoms with E-state index in [2.05, 4.69) is 4.98 Å². The molecule has 1 N–H and O–H groups in total. The maximum atomic E-state index is 13.4. The predicted octanol–water partition coefficient (Wildman–Crippen LogP) is 1.32. The molecule has 1 rings (SSSR count). The van der Waals surface area contributed by atoms with Crippen LogP contribution in [-0.4, -0.2) is 43.5 Å². The molecule has 0 spiro atoms. The zero-order valence-electron chi connectivity index (χ0n) is 9.15. The van der Waals surface area contributed by atoms with Crippen molar-refractivity contribution in [3.63, 3.8) is 0 Å². The van der Waals surface area contributed by atoms with Crippen molar-refractivity contribution in [1.82, 2.24) is 4.98 Å². The zero-order chi connectivity index (χ0) is 12.1. The summed E-state index contributed by atoms with van der Waals surface area (Å²) in [6, 6.07) is 1.18. The van der Waals surface area contributed by atoms with Gasteiger partial charge in [-0.15, -0.1) is 0 Å². The number of halogens is 2. The van der Waals surface area contributed by atoms with Gasteiger partial charge in [0.05, 0.1) is 17.7 Å². The highest BCUT2D eigenvalue weighted by Crippen LogP contribution is 2.18. The van der Waals surface area contributed by atoms with Gasteiger partial charge in [-0.2, -0.15) is 0 Å². The molecule has 0 amide bonds. The van der Waals surface area contributed by atoms with Crippen LogP contribution in [0.4, 0.5) is 10.2 Å². The van der Waals surface area contributed by atoms with Crippen LogP contribution in [0.2, 0.25) is 5.02 Å². The molecule has 0 aliphatic carbocycles. The van der Waals surface area contributed by atoms with Gasteiger partial charge in [0.2, 0.25) is 0 Å². The van der Waals surface area contributed by atoms with Crippen LogP contribution in [0.3, 0.4) is 0 Å². The first-order valence-corrected chi connectivity index (χ1v) is 5.11. The topological polar surface area (TPSA) is 45.6 Å². The summed E-state index contributed by atoms with van der Waals surface area (Å²) in [5.74, 6) is -0.362. The molecule has 0 aliphatic rings. The normalized spacial score (nSPS) is 12.6. The lowest BCUT2D eigenvalue weighted by Crippen LogP contribution is -2.32. The summed E-state index contributed by atoms with van der Waals surface area (Å²) in [6.07, 6.45) is 0.672. The minimum atomic E-state index is -0.688. The smallest absolute Gasteiger partial charge is 0.167 e. The van der Waals surface area contributed by atoms with Crippen molar-refractivity contribution in [3.8, 4) is 0 Å². The number of aromatic nitrogens is 1. The number of ether oxygens (including phenoxy) is 1. The number of nitrogens with zero attached hydrogens (tertiary/aromatic N) is 2. The number of aliphatic hydroxyl groups excluding tert-OH is 1. The second-order valence-electron chi connectivity index (χ2n) is 3.45. The summed E-state index contributed by atoms with van der Waals surface area (Å²) in [6.45, 7) is 0.430. The Balaban J connectivity index is 2.69. The first-order chi connectivity index (χ1) is 7.54. The molecule has 6 heteroatoms. The van der Waals surface area contributed by atoms with Crippen LogP contribution in [-0.2, 0) is 4.74 Å². The maximum absolute atomic E-state index is 13.4. The largest absolute Gasteiger partial charge is 0.389 e. The average molecular weight is 249 g/mol. The lowest BCUT2D eigenvalue weighted by molar-refractivity contribution is 0.0693. The van der Waals surface area contributed by atoms with Crippen molar-refractivity contribution in [2.24, 2.45) is 0 Å². The molecule has 1 unspecified atom stereocenters. The van der Waals surface area contributed by atoms with Crippen molar-refractivity contribution < 1.29 is 14.2 Å². The van der Waals surface area contributed by atoms with Gasteiger partial charge >= 0.3 is 0 Å². The van der Waals surface area contributed by atoms with E-state index in [1.165, 1.54) is 24.3 Å². The van der Waals surface area contributed by atoms with E-state index in [9.17, 15) is 9.50 Å². The lowest BCUT2D eigenvalue weighted by atomic mass is 10.3. The van der Waals surface area contributed by atoms with Crippen LogP contribution in [0.5, 0.6) is 0 Å². The number of anilines is 1. The second kappa shape index (κ2) is 5.98. The van der Waals surface area contributed by atoms with Crippen molar-refractivity contribution in [2.45, 2.75) is 6.10 Å². The first kappa shape index (κ1) is 13.2. The molecule has 1 atom stereocenters. The Kier molecular flexibility index (Phi) is 4.92. The molecule has 1 heterocycles. The van der Waals surface area contributed by atoms with E-state index < -0.39 is 11.9 Å². The Morgan fingerprint density at radius 3 is 2.94 bits per heavy atom. The van der Waals surface area contributed by atoms with Crippen LogP contribution in [0.25, 0.3) is 0 Å². The molecular formula is C10H14ClFN2O2. The monoisotopic (exact) mass is 248 g/mol. The van der Waals surface area contributed by atoms with E-state index >= 15 is 0 Å². The minimum absolute atomic E-state index is 0.152. The Bertz CT molecular complexity index is 352. The summed E-state index contributed by atoms with van der Waals surface area (Å²) in [5, 5.41) is 9.73. The van der Waals surface area contributed by atoms with Crippen LogP contribution < -0.4 is 4.90 Å². The molecule has 4 nitrogen and oxygen atoms in total. The van der Waals surface area contributed by atoms with Gasteiger partial charge in [-0.05, 0) is 6.07 Å². The van der Waals surface area contributed by atoms with E-state index in [0.29, 0.717) is 0 Å². The Morgan fingerprint density at radius 2 is 2.38 bits per heavy atom. The molecule has 0 saturated carbocycles. The van der Waals surface area contributed by atoms with E-state index in [0.717, 1.165) is 0 Å². The van der Waals surface area contributed by atoms with Crippen molar-refractivity contribution in [3.05, 3.63) is 23.1 Å². The summed E-state index contributed by atoms with van der Waals surface area (Å²) >= 11 is 5.59. The fourth-order valence-corrected chi connectivity index (χ4v) is 1.48. The quantitative estimate of drug-likeness (QED) is 0.854. The SMILES string of the molecule is COCC(O)CN(C)c1ncc(Cl)cc1F. The van der Waals surface area contributed by atoms with Gasteiger partial charge in [0.15, 0.2) is 11.6 Å². The van der Waals surface area contributed by atoms with E-state index in [1.807, 2.05) is 0 Å². The number of pyridine rings is 1. The molecule has 0 fully saturated rings. The minimum Gasteiger partial charge on any atom is -0.389 e. The maximum Gasteiger partial charge on any atom is 0.167 e. The summed E-state index contributed by atoms with van der Waals surface area (Å²) in [7, 11) is 3.13. The van der Waals surface area contributed by atoms with E-state index in [4.69, 9.17) is 16.3 Å². The van der Waals surface area contributed by atoms with Gasteiger partial charge in [0, 0.05) is 26.9 Å². The highest BCUT2D eigenvalue weighted by atomic mass is 35.5. The standard InChI is InChI=1S/C10H14ClFN2O2/c1-14(5-8(15)6-16-2)10-9(12)3-7(11)4-13-10/h3-4,8,15H,5-6H2,1-2H3. The van der Waals surface area contributed by atoms with Gasteiger partial charge in [-0.1, -0.05) is 11.6 Å². The molecule has 0 saturated heterocycles. The van der Waals surface area contributed by atoms with E-state index in [-0.39, 0.29) is 24.0 Å². The molecule has 90 valence electrons. The number of likely N-dealkylation sites (N-methyl/N-ethyl adjacent to an activating group) is 1. The fraction of sp³-hybridized carbons (Fsp3) is 0.500. The molecule has 0 aromatic carbocycles. The summed E-state index contributed by atoms with van der Waals surface area (Å²) < 4.78 is 18.2. The van der Waals surface area contributed by atoms with Crippen LogP contribution in [0, 0.1) is 5.82 Å². The van der Waals surface area contributed by atoms with Gasteiger partial charge in [-0.25, -0.2) is 9.37 Å². The molecule has 1 aromatic heterocycles. The average Bonchev–Trinajstić information content (AvgIpc) is 2.17. The van der Waals surface area contributed by atoms with Gasteiger partial charge in [0.25, 0.3) is 0 Å². The molecule has 1 aromatic rings. The highest BCUT2D eigenvalue weighted by molar-refractivity contribution is 6.30. The van der Waals surface area contributed by atoms with Crippen LogP contribution >= 0.6 is 11.6 Å². The molecule has 0 aliphatic heterocycles. The number of aliphatic hydroxyl groups is 1. The van der Waals surface area contributed by atoms with Gasteiger partial charge in [-0.3, -0.25) is 0 Å². The van der Waals surface area contributed by atoms with Crippen molar-refractivity contribution >= 4 is 17.4 Å². The lowest BCUT2D eigenvalue weighted by Gasteiger charge is -2.21. The third-order valence-electron chi connectivity index (χ3n) is 1.99. The summed E-state index contributed by atoms with van der Waals surface area (Å²) in [5.41, 5.74) is 0. The van der Waals surface area contributed by atoms with Crippen LogP contribution in [0.1, 0.15) is 0 Å². The Hall–Kier alpha value is -0.910. The fourth-order valence-electron chi connectivity index (χ4n) is 1.34. The molecule has 16 heavy (non-hydrogen) atoms. The second-order valence-corrected chi connectivity index (χ2v) is 3.89. The third kappa shape index (κ3) is 3.59. The predicted molar refractivity (Wildman–Crippen MR) is 60.4 cm³/mol. The molecular weight excluding hydrogens is 235 g/mol.